The van der Waals surface area contributed by atoms with Gasteiger partial charge in [0.15, 0.2) is 11.6 Å². The standard InChI is InChI=1S/C12H21N5O2/c1-6-17(4)12(18)8(2)16-11-9(19-5)10(13-3)14-7-15-11/h7-8H,6H2,1-5H3,(H2,13,14,15,16). The number of hydrogen-bond acceptors (Lipinski definition) is 6. The molecule has 0 radical (unpaired) electrons. The van der Waals surface area contributed by atoms with E-state index in [9.17, 15) is 4.79 Å². The van der Waals surface area contributed by atoms with Crippen molar-refractivity contribution in [3.05, 3.63) is 6.33 Å². The lowest BCUT2D eigenvalue weighted by Gasteiger charge is -2.22. The van der Waals surface area contributed by atoms with Crippen molar-refractivity contribution in [1.29, 1.82) is 0 Å². The fourth-order valence-corrected chi connectivity index (χ4v) is 1.60. The second-order valence-electron chi connectivity index (χ2n) is 4.07. The summed E-state index contributed by atoms with van der Waals surface area (Å²) in [5, 5.41) is 5.96. The predicted octanol–water partition coefficient (Wildman–Crippen LogP) is 0.806. The Kier molecular flexibility index (Phi) is 5.35. The first-order chi connectivity index (χ1) is 9.04. The summed E-state index contributed by atoms with van der Waals surface area (Å²) in [6.07, 6.45) is 1.41. The van der Waals surface area contributed by atoms with Crippen LogP contribution in [0.2, 0.25) is 0 Å². The first kappa shape index (κ1) is 15.0. The van der Waals surface area contributed by atoms with E-state index in [4.69, 9.17) is 4.74 Å². The van der Waals surface area contributed by atoms with Crippen LogP contribution in [-0.2, 0) is 4.79 Å². The fraction of sp³-hybridized carbons (Fsp3) is 0.583. The zero-order valence-corrected chi connectivity index (χ0v) is 12.0. The molecule has 0 aromatic carbocycles. The van der Waals surface area contributed by atoms with E-state index >= 15 is 0 Å². The molecule has 0 aliphatic carbocycles. The molecule has 0 aliphatic heterocycles. The van der Waals surface area contributed by atoms with E-state index in [-0.39, 0.29) is 5.91 Å². The summed E-state index contributed by atoms with van der Waals surface area (Å²) in [5.74, 6) is 1.55. The van der Waals surface area contributed by atoms with E-state index in [1.807, 2.05) is 6.92 Å². The van der Waals surface area contributed by atoms with Crippen LogP contribution in [0.3, 0.4) is 0 Å². The average molecular weight is 267 g/mol. The van der Waals surface area contributed by atoms with E-state index in [2.05, 4.69) is 20.6 Å². The van der Waals surface area contributed by atoms with Crippen LogP contribution in [0, 0.1) is 0 Å². The smallest absolute Gasteiger partial charge is 0.244 e. The van der Waals surface area contributed by atoms with E-state index in [1.54, 1.807) is 25.9 Å². The number of likely N-dealkylation sites (N-methyl/N-ethyl adjacent to an activating group) is 1. The monoisotopic (exact) mass is 267 g/mol. The molecule has 0 aliphatic rings. The van der Waals surface area contributed by atoms with Gasteiger partial charge in [0.2, 0.25) is 11.7 Å². The minimum absolute atomic E-state index is 0.00540. The van der Waals surface area contributed by atoms with Crippen molar-refractivity contribution in [2.45, 2.75) is 19.9 Å². The molecule has 7 nitrogen and oxygen atoms in total. The number of methoxy groups -OCH3 is 1. The molecule has 1 unspecified atom stereocenters. The third kappa shape index (κ3) is 3.46. The minimum atomic E-state index is -0.390. The number of nitrogens with one attached hydrogen (secondary N) is 2. The molecule has 1 rings (SSSR count). The predicted molar refractivity (Wildman–Crippen MR) is 74.5 cm³/mol. The van der Waals surface area contributed by atoms with Crippen LogP contribution in [0.5, 0.6) is 5.75 Å². The summed E-state index contributed by atoms with van der Waals surface area (Å²) < 4.78 is 5.26. The van der Waals surface area contributed by atoms with Crippen LogP contribution >= 0.6 is 0 Å². The Hall–Kier alpha value is -2.05. The van der Waals surface area contributed by atoms with Crippen LogP contribution in [0.25, 0.3) is 0 Å². The summed E-state index contributed by atoms with van der Waals surface area (Å²) in [5.41, 5.74) is 0. The van der Waals surface area contributed by atoms with Crippen LogP contribution in [0.15, 0.2) is 6.33 Å². The first-order valence-corrected chi connectivity index (χ1v) is 6.13. The van der Waals surface area contributed by atoms with Gasteiger partial charge >= 0.3 is 0 Å². The van der Waals surface area contributed by atoms with Crippen molar-refractivity contribution in [3.63, 3.8) is 0 Å². The number of carbonyl (C=O) groups is 1. The van der Waals surface area contributed by atoms with Gasteiger partial charge in [-0.05, 0) is 13.8 Å². The molecular weight excluding hydrogens is 246 g/mol. The van der Waals surface area contributed by atoms with Crippen LogP contribution in [0.1, 0.15) is 13.8 Å². The maximum absolute atomic E-state index is 12.0. The van der Waals surface area contributed by atoms with Crippen molar-refractivity contribution in [2.75, 3.05) is 38.4 Å². The Balaban J connectivity index is 2.90. The van der Waals surface area contributed by atoms with Crippen molar-refractivity contribution < 1.29 is 9.53 Å². The van der Waals surface area contributed by atoms with E-state index < -0.39 is 6.04 Å². The number of amides is 1. The minimum Gasteiger partial charge on any atom is -0.490 e. The third-order valence-corrected chi connectivity index (χ3v) is 2.82. The van der Waals surface area contributed by atoms with Crippen LogP contribution in [0.4, 0.5) is 11.6 Å². The molecule has 0 saturated heterocycles. The maximum Gasteiger partial charge on any atom is 0.244 e. The molecule has 1 amide bonds. The molecule has 0 spiro atoms. The highest BCUT2D eigenvalue weighted by Gasteiger charge is 2.19. The lowest BCUT2D eigenvalue weighted by atomic mass is 10.3. The largest absolute Gasteiger partial charge is 0.490 e. The number of nitrogens with zero attached hydrogens (tertiary/aromatic N) is 3. The van der Waals surface area contributed by atoms with Gasteiger partial charge in [0.1, 0.15) is 12.4 Å². The number of hydrogen-bond donors (Lipinski definition) is 2. The van der Waals surface area contributed by atoms with Gasteiger partial charge in [-0.3, -0.25) is 4.79 Å². The number of aromatic nitrogens is 2. The SMILES string of the molecule is CCN(C)C(=O)C(C)Nc1ncnc(NC)c1OC. The maximum atomic E-state index is 12.0. The molecule has 2 N–H and O–H groups in total. The quantitative estimate of drug-likeness (QED) is 0.794. The Labute approximate surface area is 113 Å². The summed E-state index contributed by atoms with van der Waals surface area (Å²) in [6, 6.07) is -0.390. The fourth-order valence-electron chi connectivity index (χ4n) is 1.60. The molecule has 0 bridgehead atoms. The summed E-state index contributed by atoms with van der Waals surface area (Å²) in [4.78, 5) is 21.8. The molecule has 1 heterocycles. The zero-order valence-electron chi connectivity index (χ0n) is 12.0. The van der Waals surface area contributed by atoms with E-state index in [1.165, 1.54) is 13.4 Å². The highest BCUT2D eigenvalue weighted by Crippen LogP contribution is 2.28. The molecule has 1 atom stereocenters. The van der Waals surface area contributed by atoms with Crippen LogP contribution in [-0.4, -0.2) is 54.6 Å². The van der Waals surface area contributed by atoms with Gasteiger partial charge in [0, 0.05) is 20.6 Å². The zero-order chi connectivity index (χ0) is 14.4. The van der Waals surface area contributed by atoms with Gasteiger partial charge in [-0.15, -0.1) is 0 Å². The number of rotatable bonds is 6. The molecule has 1 aromatic heterocycles. The van der Waals surface area contributed by atoms with Gasteiger partial charge in [0.25, 0.3) is 0 Å². The van der Waals surface area contributed by atoms with E-state index in [0.717, 1.165) is 0 Å². The molecule has 1 aromatic rings. The summed E-state index contributed by atoms with van der Waals surface area (Å²) in [7, 11) is 5.04. The molecule has 0 fully saturated rings. The molecule has 0 saturated carbocycles. The Bertz CT molecular complexity index is 438. The Morgan fingerprint density at radius 2 is 2.11 bits per heavy atom. The van der Waals surface area contributed by atoms with Gasteiger partial charge < -0.3 is 20.3 Å². The summed E-state index contributed by atoms with van der Waals surface area (Å²) in [6.45, 7) is 4.37. The Morgan fingerprint density at radius 3 is 2.63 bits per heavy atom. The highest BCUT2D eigenvalue weighted by molar-refractivity contribution is 5.84. The second kappa shape index (κ2) is 6.77. The summed E-state index contributed by atoms with van der Waals surface area (Å²) >= 11 is 0. The van der Waals surface area contributed by atoms with Gasteiger partial charge in [-0.25, -0.2) is 9.97 Å². The van der Waals surface area contributed by atoms with Crippen molar-refractivity contribution in [2.24, 2.45) is 0 Å². The Morgan fingerprint density at radius 1 is 1.47 bits per heavy atom. The van der Waals surface area contributed by atoms with Crippen molar-refractivity contribution in [3.8, 4) is 5.75 Å². The normalized spacial score (nSPS) is 11.6. The molecular formula is C12H21N5O2. The molecule has 19 heavy (non-hydrogen) atoms. The van der Waals surface area contributed by atoms with Crippen molar-refractivity contribution >= 4 is 17.5 Å². The second-order valence-corrected chi connectivity index (χ2v) is 4.07. The van der Waals surface area contributed by atoms with Crippen molar-refractivity contribution in [1.82, 2.24) is 14.9 Å². The highest BCUT2D eigenvalue weighted by atomic mass is 16.5. The molecule has 106 valence electrons. The van der Waals surface area contributed by atoms with Gasteiger partial charge in [0.05, 0.1) is 7.11 Å². The van der Waals surface area contributed by atoms with Gasteiger partial charge in [-0.2, -0.15) is 0 Å². The number of ether oxygens (including phenoxy) is 1. The van der Waals surface area contributed by atoms with Crippen LogP contribution < -0.4 is 15.4 Å². The lowest BCUT2D eigenvalue weighted by Crippen LogP contribution is -2.39. The molecule has 7 heteroatoms. The number of anilines is 2. The topological polar surface area (TPSA) is 79.4 Å². The lowest BCUT2D eigenvalue weighted by molar-refractivity contribution is -0.130. The third-order valence-electron chi connectivity index (χ3n) is 2.82. The van der Waals surface area contributed by atoms with Gasteiger partial charge in [-0.1, -0.05) is 0 Å². The first-order valence-electron chi connectivity index (χ1n) is 6.13. The average Bonchev–Trinajstić information content (AvgIpc) is 2.44. The number of carbonyl (C=O) groups excluding carboxylic acids is 1. The van der Waals surface area contributed by atoms with E-state index in [0.29, 0.717) is 23.9 Å².